The Morgan fingerprint density at radius 2 is 1.94 bits per heavy atom. The van der Waals surface area contributed by atoms with E-state index in [-0.39, 0.29) is 0 Å². The third-order valence-corrected chi connectivity index (χ3v) is 2.72. The third kappa shape index (κ3) is 2.23. The Morgan fingerprint density at radius 3 is 2.53 bits per heavy atom. The molecule has 2 rings (SSSR count). The lowest BCUT2D eigenvalue weighted by molar-refractivity contribution is 0.412. The van der Waals surface area contributed by atoms with Crippen molar-refractivity contribution in [1.82, 2.24) is 4.98 Å². The van der Waals surface area contributed by atoms with Gasteiger partial charge in [-0.3, -0.25) is 4.98 Å². The van der Waals surface area contributed by atoms with Gasteiger partial charge in [0, 0.05) is 11.8 Å². The lowest BCUT2D eigenvalue weighted by Gasteiger charge is -2.09. The normalized spacial score (nSPS) is 10.3. The van der Waals surface area contributed by atoms with E-state index in [1.807, 2.05) is 44.3 Å². The summed E-state index contributed by atoms with van der Waals surface area (Å²) in [6.07, 6.45) is 1.82. The number of aromatic nitrogens is 1. The van der Waals surface area contributed by atoms with Gasteiger partial charge in [0.2, 0.25) is 0 Å². The molecule has 3 heteroatoms. The van der Waals surface area contributed by atoms with Gasteiger partial charge < -0.3 is 10.5 Å². The summed E-state index contributed by atoms with van der Waals surface area (Å²) in [5.41, 5.74) is 10.7. The molecule has 0 unspecified atom stereocenters. The van der Waals surface area contributed by atoms with Crippen LogP contribution in [0.2, 0.25) is 0 Å². The minimum Gasteiger partial charge on any atom is -0.496 e. The molecule has 0 fully saturated rings. The second kappa shape index (κ2) is 4.45. The summed E-state index contributed by atoms with van der Waals surface area (Å²) in [6.45, 7) is 3.99. The average molecular weight is 228 g/mol. The van der Waals surface area contributed by atoms with Gasteiger partial charge in [-0.2, -0.15) is 0 Å². The van der Waals surface area contributed by atoms with E-state index in [0.29, 0.717) is 5.69 Å². The minimum atomic E-state index is 0.703. The Morgan fingerprint density at radius 1 is 1.18 bits per heavy atom. The van der Waals surface area contributed by atoms with Crippen molar-refractivity contribution in [3.63, 3.8) is 0 Å². The van der Waals surface area contributed by atoms with Crippen LogP contribution >= 0.6 is 0 Å². The number of nitrogen functional groups attached to an aromatic ring is 1. The maximum absolute atomic E-state index is 5.98. The summed E-state index contributed by atoms with van der Waals surface area (Å²) in [5, 5.41) is 0. The average Bonchev–Trinajstić information content (AvgIpc) is 2.29. The molecule has 0 saturated heterocycles. The molecule has 1 aromatic heterocycles. The predicted molar refractivity (Wildman–Crippen MR) is 70.1 cm³/mol. The Labute approximate surface area is 101 Å². The molecular weight excluding hydrogens is 212 g/mol. The maximum Gasteiger partial charge on any atom is 0.121 e. The van der Waals surface area contributed by atoms with Crippen molar-refractivity contribution in [1.29, 1.82) is 0 Å². The number of nitrogens with zero attached hydrogens (tertiary/aromatic N) is 1. The van der Waals surface area contributed by atoms with Gasteiger partial charge in [-0.05, 0) is 49.2 Å². The van der Waals surface area contributed by atoms with Crippen molar-refractivity contribution in [3.8, 4) is 17.0 Å². The van der Waals surface area contributed by atoms with Gasteiger partial charge in [-0.15, -0.1) is 0 Å². The zero-order chi connectivity index (χ0) is 12.4. The Kier molecular flexibility index (Phi) is 3.00. The van der Waals surface area contributed by atoms with Crippen LogP contribution < -0.4 is 10.5 Å². The van der Waals surface area contributed by atoms with Gasteiger partial charge in [-0.25, -0.2) is 0 Å². The second-order valence-corrected chi connectivity index (χ2v) is 4.13. The van der Waals surface area contributed by atoms with E-state index in [0.717, 1.165) is 28.1 Å². The lowest BCUT2D eigenvalue weighted by atomic mass is 10.1. The highest BCUT2D eigenvalue weighted by molar-refractivity contribution is 5.73. The SMILES string of the molecule is COc1ccc(-c2ncc(C)cc2N)cc1C. The van der Waals surface area contributed by atoms with E-state index < -0.39 is 0 Å². The highest BCUT2D eigenvalue weighted by atomic mass is 16.5. The zero-order valence-corrected chi connectivity index (χ0v) is 10.3. The molecule has 0 radical (unpaired) electrons. The number of methoxy groups -OCH3 is 1. The van der Waals surface area contributed by atoms with E-state index in [9.17, 15) is 0 Å². The van der Waals surface area contributed by atoms with Gasteiger partial charge in [0.05, 0.1) is 18.5 Å². The zero-order valence-electron chi connectivity index (χ0n) is 10.3. The Bertz CT molecular complexity index is 550. The largest absolute Gasteiger partial charge is 0.496 e. The fraction of sp³-hybridized carbons (Fsp3) is 0.214. The monoisotopic (exact) mass is 228 g/mol. The first kappa shape index (κ1) is 11.5. The standard InChI is InChI=1S/C14H16N2O/c1-9-6-12(15)14(16-8-9)11-4-5-13(17-3)10(2)7-11/h4-8H,15H2,1-3H3. The summed E-state index contributed by atoms with van der Waals surface area (Å²) in [5.74, 6) is 0.874. The Hall–Kier alpha value is -2.03. The predicted octanol–water partition coefficient (Wildman–Crippen LogP) is 2.96. The molecule has 0 atom stereocenters. The van der Waals surface area contributed by atoms with Crippen LogP contribution in [0.25, 0.3) is 11.3 Å². The van der Waals surface area contributed by atoms with E-state index >= 15 is 0 Å². The summed E-state index contributed by atoms with van der Waals surface area (Å²) in [7, 11) is 1.67. The highest BCUT2D eigenvalue weighted by Crippen LogP contribution is 2.28. The molecule has 88 valence electrons. The van der Waals surface area contributed by atoms with E-state index in [4.69, 9.17) is 10.5 Å². The molecule has 0 aliphatic rings. The van der Waals surface area contributed by atoms with Gasteiger partial charge in [-0.1, -0.05) is 0 Å². The lowest BCUT2D eigenvalue weighted by Crippen LogP contribution is -1.95. The molecule has 0 spiro atoms. The van der Waals surface area contributed by atoms with Crippen molar-refractivity contribution in [2.24, 2.45) is 0 Å². The fourth-order valence-electron chi connectivity index (χ4n) is 1.86. The van der Waals surface area contributed by atoms with Crippen LogP contribution in [0.5, 0.6) is 5.75 Å². The van der Waals surface area contributed by atoms with Crippen molar-refractivity contribution in [2.45, 2.75) is 13.8 Å². The van der Waals surface area contributed by atoms with Crippen molar-refractivity contribution in [2.75, 3.05) is 12.8 Å². The van der Waals surface area contributed by atoms with Crippen molar-refractivity contribution in [3.05, 3.63) is 41.6 Å². The number of rotatable bonds is 2. The maximum atomic E-state index is 5.98. The number of pyridine rings is 1. The molecule has 0 saturated carbocycles. The molecule has 17 heavy (non-hydrogen) atoms. The van der Waals surface area contributed by atoms with Gasteiger partial charge in [0.15, 0.2) is 0 Å². The molecule has 1 aromatic carbocycles. The molecule has 2 N–H and O–H groups in total. The smallest absolute Gasteiger partial charge is 0.121 e. The number of hydrogen-bond donors (Lipinski definition) is 1. The van der Waals surface area contributed by atoms with Gasteiger partial charge in [0.1, 0.15) is 5.75 Å². The minimum absolute atomic E-state index is 0.703. The van der Waals surface area contributed by atoms with E-state index in [1.165, 1.54) is 0 Å². The van der Waals surface area contributed by atoms with Crippen LogP contribution in [0.3, 0.4) is 0 Å². The number of aryl methyl sites for hydroxylation is 2. The highest BCUT2D eigenvalue weighted by Gasteiger charge is 2.06. The second-order valence-electron chi connectivity index (χ2n) is 4.13. The number of anilines is 1. The summed E-state index contributed by atoms with van der Waals surface area (Å²) in [4.78, 5) is 4.38. The molecule has 0 bridgehead atoms. The first-order valence-electron chi connectivity index (χ1n) is 5.49. The Balaban J connectivity index is 2.50. The summed E-state index contributed by atoms with van der Waals surface area (Å²) >= 11 is 0. The van der Waals surface area contributed by atoms with Gasteiger partial charge >= 0.3 is 0 Å². The van der Waals surface area contributed by atoms with Crippen LogP contribution in [0.4, 0.5) is 5.69 Å². The van der Waals surface area contributed by atoms with E-state index in [1.54, 1.807) is 7.11 Å². The first-order chi connectivity index (χ1) is 8.11. The molecule has 3 nitrogen and oxygen atoms in total. The van der Waals surface area contributed by atoms with Crippen LogP contribution in [-0.2, 0) is 0 Å². The number of benzene rings is 1. The van der Waals surface area contributed by atoms with Crippen LogP contribution in [-0.4, -0.2) is 12.1 Å². The molecule has 1 heterocycles. The molecule has 0 aliphatic heterocycles. The van der Waals surface area contributed by atoms with Gasteiger partial charge in [0.25, 0.3) is 0 Å². The molecule has 0 aliphatic carbocycles. The topological polar surface area (TPSA) is 48.1 Å². The first-order valence-corrected chi connectivity index (χ1v) is 5.49. The summed E-state index contributed by atoms with van der Waals surface area (Å²) in [6, 6.07) is 7.88. The number of nitrogens with two attached hydrogens (primary N) is 1. The molecule has 2 aromatic rings. The molecular formula is C14H16N2O. The number of hydrogen-bond acceptors (Lipinski definition) is 3. The van der Waals surface area contributed by atoms with Crippen LogP contribution in [0.15, 0.2) is 30.5 Å². The fourth-order valence-corrected chi connectivity index (χ4v) is 1.86. The quantitative estimate of drug-likeness (QED) is 0.859. The molecule has 0 amide bonds. The van der Waals surface area contributed by atoms with Crippen molar-refractivity contribution < 1.29 is 4.74 Å². The summed E-state index contributed by atoms with van der Waals surface area (Å²) < 4.78 is 5.23. The van der Waals surface area contributed by atoms with E-state index in [2.05, 4.69) is 4.98 Å². The number of ether oxygens (including phenoxy) is 1. The van der Waals surface area contributed by atoms with Crippen LogP contribution in [0.1, 0.15) is 11.1 Å². The van der Waals surface area contributed by atoms with Crippen LogP contribution in [0, 0.1) is 13.8 Å². The van der Waals surface area contributed by atoms with Crippen molar-refractivity contribution >= 4 is 5.69 Å². The third-order valence-electron chi connectivity index (χ3n) is 2.72.